The van der Waals surface area contributed by atoms with E-state index >= 15 is 0 Å². The van der Waals surface area contributed by atoms with Crippen LogP contribution >= 0.6 is 0 Å². The van der Waals surface area contributed by atoms with Gasteiger partial charge in [0.25, 0.3) is 5.91 Å². The minimum Gasteiger partial charge on any atom is -0.370 e. The molecule has 0 fully saturated rings. The summed E-state index contributed by atoms with van der Waals surface area (Å²) in [6, 6.07) is 7.99. The summed E-state index contributed by atoms with van der Waals surface area (Å²) in [6.45, 7) is 8.88. The Balaban J connectivity index is 2.45. The maximum atomic E-state index is 12.4. The molecule has 92 valence electrons. The Bertz CT molecular complexity index is 438. The van der Waals surface area contributed by atoms with Crippen LogP contribution in [0.2, 0.25) is 0 Å². The first-order valence-corrected chi connectivity index (χ1v) is 6.11. The summed E-state index contributed by atoms with van der Waals surface area (Å²) in [5.41, 5.74) is 1.51. The molecule has 17 heavy (non-hydrogen) atoms. The third-order valence-electron chi connectivity index (χ3n) is 2.97. The molecule has 1 aromatic carbocycles. The number of para-hydroxylation sites is 2. The van der Waals surface area contributed by atoms with Crippen LogP contribution in [-0.2, 0) is 4.79 Å². The van der Waals surface area contributed by atoms with E-state index in [-0.39, 0.29) is 5.91 Å². The third-order valence-corrected chi connectivity index (χ3v) is 2.97. The Morgan fingerprint density at radius 3 is 2.59 bits per heavy atom. The molecule has 1 N–H and O–H groups in total. The van der Waals surface area contributed by atoms with E-state index in [1.54, 1.807) is 0 Å². The van der Waals surface area contributed by atoms with Crippen LogP contribution in [0.25, 0.3) is 0 Å². The second-order valence-electron chi connectivity index (χ2n) is 5.58. The van der Waals surface area contributed by atoms with Gasteiger partial charge in [-0.15, -0.1) is 0 Å². The molecule has 0 aliphatic carbocycles. The van der Waals surface area contributed by atoms with E-state index in [1.165, 1.54) is 0 Å². The summed E-state index contributed by atoms with van der Waals surface area (Å²) < 4.78 is 0. The van der Waals surface area contributed by atoms with Crippen molar-refractivity contribution in [2.75, 3.05) is 16.8 Å². The molecule has 2 rings (SSSR count). The molecule has 1 heterocycles. The largest absolute Gasteiger partial charge is 0.370 e. The molecule has 0 bridgehead atoms. The van der Waals surface area contributed by atoms with Crippen molar-refractivity contribution in [1.29, 1.82) is 0 Å². The van der Waals surface area contributed by atoms with Crippen molar-refractivity contribution < 1.29 is 4.79 Å². The molecule has 0 saturated carbocycles. The Hall–Kier alpha value is -1.51. The predicted molar refractivity (Wildman–Crippen MR) is 71.3 cm³/mol. The van der Waals surface area contributed by atoms with Crippen molar-refractivity contribution in [1.82, 2.24) is 0 Å². The zero-order chi connectivity index (χ0) is 12.6. The van der Waals surface area contributed by atoms with Crippen molar-refractivity contribution in [3.05, 3.63) is 24.3 Å². The van der Waals surface area contributed by atoms with Crippen LogP contribution in [0, 0.1) is 5.92 Å². The number of nitrogens with zero attached hydrogens (tertiary/aromatic N) is 1. The molecular weight excluding hydrogens is 212 g/mol. The van der Waals surface area contributed by atoms with Crippen molar-refractivity contribution in [2.45, 2.75) is 33.2 Å². The molecule has 1 amide bonds. The summed E-state index contributed by atoms with van der Waals surface area (Å²) >= 11 is 0. The van der Waals surface area contributed by atoms with Gasteiger partial charge in [-0.05, 0) is 31.9 Å². The minimum atomic E-state index is -0.525. The highest BCUT2D eigenvalue weighted by atomic mass is 16.2. The van der Waals surface area contributed by atoms with Crippen LogP contribution in [-0.4, -0.2) is 18.0 Å². The Labute approximate surface area is 103 Å². The molecule has 1 aliphatic rings. The number of anilines is 2. The van der Waals surface area contributed by atoms with Gasteiger partial charge in [0.1, 0.15) is 5.54 Å². The van der Waals surface area contributed by atoms with E-state index in [1.807, 2.05) is 43.0 Å². The summed E-state index contributed by atoms with van der Waals surface area (Å²) in [5.74, 6) is 0.603. The number of fused-ring (bicyclic) bond motifs is 1. The van der Waals surface area contributed by atoms with E-state index in [0.717, 1.165) is 17.9 Å². The number of hydrogen-bond donors (Lipinski definition) is 1. The molecule has 0 atom stereocenters. The number of benzene rings is 1. The fraction of sp³-hybridized carbons (Fsp3) is 0.500. The molecule has 0 unspecified atom stereocenters. The number of carbonyl (C=O) groups is 1. The predicted octanol–water partition coefficient (Wildman–Crippen LogP) is 2.88. The summed E-state index contributed by atoms with van der Waals surface area (Å²) in [4.78, 5) is 14.3. The highest BCUT2D eigenvalue weighted by Gasteiger charge is 2.38. The first kappa shape index (κ1) is 12.0. The fourth-order valence-corrected chi connectivity index (χ4v) is 2.20. The van der Waals surface area contributed by atoms with Crippen LogP contribution in [0.1, 0.15) is 27.7 Å². The van der Waals surface area contributed by atoms with Crippen LogP contribution in [0.4, 0.5) is 11.4 Å². The van der Waals surface area contributed by atoms with E-state index in [2.05, 4.69) is 19.2 Å². The van der Waals surface area contributed by atoms with Crippen LogP contribution in [0.5, 0.6) is 0 Å². The average Bonchev–Trinajstić information content (AvgIpc) is 2.24. The van der Waals surface area contributed by atoms with Gasteiger partial charge in [-0.1, -0.05) is 26.0 Å². The van der Waals surface area contributed by atoms with Gasteiger partial charge >= 0.3 is 0 Å². The number of hydrogen-bond acceptors (Lipinski definition) is 2. The SMILES string of the molecule is CC(C)CN1C(=O)C(C)(C)Nc2ccccc21. The van der Waals surface area contributed by atoms with E-state index < -0.39 is 5.54 Å². The number of amides is 1. The molecule has 0 saturated heterocycles. The van der Waals surface area contributed by atoms with Gasteiger partial charge in [0.15, 0.2) is 0 Å². The lowest BCUT2D eigenvalue weighted by Crippen LogP contribution is -2.54. The Morgan fingerprint density at radius 2 is 1.94 bits per heavy atom. The molecule has 1 aliphatic heterocycles. The van der Waals surface area contributed by atoms with Crippen LogP contribution in [0.15, 0.2) is 24.3 Å². The van der Waals surface area contributed by atoms with Gasteiger partial charge in [-0.25, -0.2) is 0 Å². The van der Waals surface area contributed by atoms with Crippen molar-refractivity contribution in [3.8, 4) is 0 Å². The first-order valence-electron chi connectivity index (χ1n) is 6.11. The quantitative estimate of drug-likeness (QED) is 0.850. The fourth-order valence-electron chi connectivity index (χ4n) is 2.20. The average molecular weight is 232 g/mol. The number of carbonyl (C=O) groups excluding carboxylic acids is 1. The van der Waals surface area contributed by atoms with Crippen LogP contribution < -0.4 is 10.2 Å². The first-order chi connectivity index (χ1) is 7.92. The van der Waals surface area contributed by atoms with E-state index in [0.29, 0.717) is 5.92 Å². The van der Waals surface area contributed by atoms with E-state index in [9.17, 15) is 4.79 Å². The Morgan fingerprint density at radius 1 is 1.29 bits per heavy atom. The summed E-state index contributed by atoms with van der Waals surface area (Å²) in [6.07, 6.45) is 0. The summed E-state index contributed by atoms with van der Waals surface area (Å²) in [5, 5.41) is 3.30. The number of rotatable bonds is 2. The molecule has 0 spiro atoms. The zero-order valence-electron chi connectivity index (χ0n) is 10.9. The number of nitrogens with one attached hydrogen (secondary N) is 1. The van der Waals surface area contributed by atoms with Gasteiger partial charge in [0.05, 0.1) is 11.4 Å². The van der Waals surface area contributed by atoms with E-state index in [4.69, 9.17) is 0 Å². The lowest BCUT2D eigenvalue weighted by Gasteiger charge is -2.40. The van der Waals surface area contributed by atoms with Gasteiger partial charge in [-0.2, -0.15) is 0 Å². The molecule has 0 radical (unpaired) electrons. The monoisotopic (exact) mass is 232 g/mol. The van der Waals surface area contributed by atoms with Gasteiger partial charge < -0.3 is 10.2 Å². The Kier molecular flexibility index (Phi) is 2.86. The topological polar surface area (TPSA) is 32.3 Å². The smallest absolute Gasteiger partial charge is 0.252 e. The molecule has 1 aromatic rings. The molecule has 0 aromatic heterocycles. The highest BCUT2D eigenvalue weighted by Crippen LogP contribution is 2.35. The van der Waals surface area contributed by atoms with Crippen molar-refractivity contribution in [2.24, 2.45) is 5.92 Å². The van der Waals surface area contributed by atoms with Gasteiger partial charge in [0.2, 0.25) is 0 Å². The third kappa shape index (κ3) is 2.14. The van der Waals surface area contributed by atoms with Crippen LogP contribution in [0.3, 0.4) is 0 Å². The highest BCUT2D eigenvalue weighted by molar-refractivity contribution is 6.07. The standard InChI is InChI=1S/C14H20N2O/c1-10(2)9-16-12-8-6-5-7-11(12)15-14(3,4)13(16)17/h5-8,10,15H,9H2,1-4H3. The second-order valence-corrected chi connectivity index (χ2v) is 5.58. The second kappa shape index (κ2) is 4.06. The maximum absolute atomic E-state index is 12.4. The lowest BCUT2D eigenvalue weighted by molar-refractivity contribution is -0.122. The molecular formula is C14H20N2O. The summed E-state index contributed by atoms with van der Waals surface area (Å²) in [7, 11) is 0. The maximum Gasteiger partial charge on any atom is 0.252 e. The van der Waals surface area contributed by atoms with Gasteiger partial charge in [-0.3, -0.25) is 4.79 Å². The lowest BCUT2D eigenvalue weighted by atomic mass is 9.97. The zero-order valence-corrected chi connectivity index (χ0v) is 10.9. The van der Waals surface area contributed by atoms with Crippen molar-refractivity contribution in [3.63, 3.8) is 0 Å². The van der Waals surface area contributed by atoms with Crippen molar-refractivity contribution >= 4 is 17.3 Å². The normalized spacial score (nSPS) is 17.9. The van der Waals surface area contributed by atoms with Gasteiger partial charge in [0, 0.05) is 6.54 Å². The molecule has 3 nitrogen and oxygen atoms in total. The minimum absolute atomic E-state index is 0.143. The molecule has 3 heteroatoms.